The normalized spacial score (nSPS) is 13.7. The van der Waals surface area contributed by atoms with E-state index >= 15 is 0 Å². The fraction of sp³-hybridized carbons (Fsp3) is 0.500. The minimum absolute atomic E-state index is 0.209. The van der Waals surface area contributed by atoms with Gasteiger partial charge in [-0.25, -0.2) is 0 Å². The molecule has 0 radical (unpaired) electrons. The molecule has 0 atom stereocenters. The first-order chi connectivity index (χ1) is 12.1. The Bertz CT molecular complexity index is 691. The molecule has 0 spiro atoms. The maximum atomic E-state index is 4.16. The van der Waals surface area contributed by atoms with Gasteiger partial charge in [0.1, 0.15) is 16.5 Å². The highest BCUT2D eigenvalue weighted by molar-refractivity contribution is 7.02. The van der Waals surface area contributed by atoms with E-state index in [0.717, 1.165) is 0 Å². The summed E-state index contributed by atoms with van der Waals surface area (Å²) in [5.74, 6) is 0. The van der Waals surface area contributed by atoms with Crippen LogP contribution in [-0.2, 0) is 10.8 Å². The molecular weight excluding hydrogens is 358 g/mol. The van der Waals surface area contributed by atoms with Crippen LogP contribution in [-0.4, -0.2) is 16.5 Å². The Labute approximate surface area is 169 Å². The third-order valence-electron chi connectivity index (χ3n) is 5.57. The predicted molar refractivity (Wildman–Crippen MR) is 128 cm³/mol. The molecule has 2 rings (SSSR count). The predicted octanol–water partition coefficient (Wildman–Crippen LogP) is 5.40. The average molecular weight is 398 g/mol. The summed E-state index contributed by atoms with van der Waals surface area (Å²) in [6.07, 6.45) is 0. The highest BCUT2D eigenvalue weighted by atomic mass is 28.4. The number of benzene rings is 2. The molecule has 3 heteroatoms. The van der Waals surface area contributed by atoms with Gasteiger partial charge in [-0.05, 0) is 32.3 Å². The highest BCUT2D eigenvalue weighted by Crippen LogP contribution is 2.22. The van der Waals surface area contributed by atoms with E-state index in [9.17, 15) is 0 Å². The van der Waals surface area contributed by atoms with Crippen molar-refractivity contribution in [2.75, 3.05) is 0 Å². The molecular formula is C24H39NSi2. The van der Waals surface area contributed by atoms with Crippen LogP contribution in [0.5, 0.6) is 0 Å². The van der Waals surface area contributed by atoms with Gasteiger partial charge in [-0.1, -0.05) is 116 Å². The molecule has 2 aromatic rings. The molecule has 0 saturated carbocycles. The molecule has 0 aromatic heterocycles. The third-order valence-corrected chi connectivity index (χ3v) is 14.1. The molecule has 27 heavy (non-hydrogen) atoms. The maximum Gasteiger partial charge on any atom is 0.145 e. The lowest BCUT2D eigenvalue weighted by molar-refractivity contribution is 0.590. The van der Waals surface area contributed by atoms with E-state index in [1.165, 1.54) is 21.5 Å². The molecule has 0 heterocycles. The van der Waals surface area contributed by atoms with Crippen LogP contribution >= 0.6 is 0 Å². The molecule has 0 aliphatic heterocycles. The zero-order chi connectivity index (χ0) is 20.7. The highest BCUT2D eigenvalue weighted by Gasteiger charge is 2.34. The van der Waals surface area contributed by atoms with Gasteiger partial charge in [0, 0.05) is 0 Å². The van der Waals surface area contributed by atoms with Crippen LogP contribution in [0, 0.1) is 0 Å². The summed E-state index contributed by atoms with van der Waals surface area (Å²) in [5, 5.41) is 2.98. The molecule has 0 fully saturated rings. The number of nitrogens with one attached hydrogen (secondary N) is 1. The van der Waals surface area contributed by atoms with Gasteiger partial charge in [0.2, 0.25) is 0 Å². The Morgan fingerprint density at radius 3 is 1.00 bits per heavy atom. The quantitative estimate of drug-likeness (QED) is 0.681. The summed E-state index contributed by atoms with van der Waals surface area (Å²) in [7, 11) is -3.44. The molecule has 0 aliphatic carbocycles. The smallest absolute Gasteiger partial charge is 0.145 e. The Morgan fingerprint density at radius 1 is 0.519 bits per heavy atom. The van der Waals surface area contributed by atoms with Gasteiger partial charge >= 0.3 is 0 Å². The largest absolute Gasteiger partial charge is 0.353 e. The number of rotatable bonds is 4. The fourth-order valence-corrected chi connectivity index (χ4v) is 13.1. The molecule has 0 unspecified atom stereocenters. The van der Waals surface area contributed by atoms with Crippen LogP contribution < -0.4 is 15.0 Å². The van der Waals surface area contributed by atoms with Gasteiger partial charge in [0.15, 0.2) is 0 Å². The molecule has 0 saturated heterocycles. The summed E-state index contributed by atoms with van der Waals surface area (Å²) in [4.78, 5) is 0. The van der Waals surface area contributed by atoms with Crippen molar-refractivity contribution in [2.45, 2.75) is 78.6 Å². The molecule has 0 aliphatic rings. The summed E-state index contributed by atoms with van der Waals surface area (Å²) in [6, 6.07) is 18.7. The van der Waals surface area contributed by atoms with E-state index in [-0.39, 0.29) is 10.8 Å². The van der Waals surface area contributed by atoms with Crippen molar-refractivity contribution < 1.29 is 0 Å². The van der Waals surface area contributed by atoms with Crippen molar-refractivity contribution in [1.82, 2.24) is 4.65 Å². The van der Waals surface area contributed by atoms with Crippen molar-refractivity contribution in [2.24, 2.45) is 0 Å². The topological polar surface area (TPSA) is 12.0 Å². The van der Waals surface area contributed by atoms with Gasteiger partial charge in [-0.2, -0.15) is 0 Å². The Hall–Kier alpha value is -1.17. The monoisotopic (exact) mass is 397 g/mol. The van der Waals surface area contributed by atoms with E-state index in [4.69, 9.17) is 0 Å². The molecule has 2 aromatic carbocycles. The van der Waals surface area contributed by atoms with Gasteiger partial charge in [0.05, 0.1) is 0 Å². The Morgan fingerprint density at radius 2 is 0.778 bits per heavy atom. The van der Waals surface area contributed by atoms with Crippen molar-refractivity contribution in [3.05, 3.63) is 59.7 Å². The van der Waals surface area contributed by atoms with Crippen LogP contribution in [0.4, 0.5) is 0 Å². The van der Waals surface area contributed by atoms with Crippen molar-refractivity contribution in [3.63, 3.8) is 0 Å². The van der Waals surface area contributed by atoms with Gasteiger partial charge in [-0.15, -0.1) is 0 Å². The van der Waals surface area contributed by atoms with Crippen molar-refractivity contribution >= 4 is 26.8 Å². The first-order valence-corrected chi connectivity index (χ1v) is 16.1. The SMILES string of the molecule is CC(C)(C)c1ccc([Si](C)(C)N[Si](C)(C)c2ccc(C(C)(C)C)cc2)cc1. The van der Waals surface area contributed by atoms with Crippen LogP contribution in [0.1, 0.15) is 52.7 Å². The first-order valence-electron chi connectivity index (χ1n) is 10.1. The van der Waals surface area contributed by atoms with Crippen LogP contribution in [0.2, 0.25) is 26.2 Å². The standard InChI is InChI=1S/C24H39NSi2/c1-23(2,3)19-11-15-21(16-12-19)26(7,8)25-27(9,10)22-17-13-20(14-18-22)24(4,5)6/h11-18,25H,1-10H3. The average Bonchev–Trinajstić information content (AvgIpc) is 2.52. The van der Waals surface area contributed by atoms with Gasteiger partial charge < -0.3 is 4.65 Å². The zero-order valence-corrected chi connectivity index (χ0v) is 21.1. The van der Waals surface area contributed by atoms with E-state index in [1.54, 1.807) is 0 Å². The summed E-state index contributed by atoms with van der Waals surface area (Å²) in [5.41, 5.74) is 3.23. The van der Waals surface area contributed by atoms with Crippen LogP contribution in [0.25, 0.3) is 0 Å². The lowest BCUT2D eigenvalue weighted by Crippen LogP contribution is -2.69. The molecule has 148 valence electrons. The summed E-state index contributed by atoms with van der Waals surface area (Å²) < 4.78 is 4.16. The zero-order valence-electron chi connectivity index (χ0n) is 19.1. The second-order valence-electron chi connectivity index (χ2n) is 11.0. The van der Waals surface area contributed by atoms with E-state index in [0.29, 0.717) is 0 Å². The second kappa shape index (κ2) is 7.34. The lowest BCUT2D eigenvalue weighted by atomic mass is 9.87. The van der Waals surface area contributed by atoms with Crippen molar-refractivity contribution in [1.29, 1.82) is 0 Å². The molecule has 1 N–H and O–H groups in total. The van der Waals surface area contributed by atoms with Crippen LogP contribution in [0.3, 0.4) is 0 Å². The summed E-state index contributed by atoms with van der Waals surface area (Å²) >= 11 is 0. The van der Waals surface area contributed by atoms with Crippen molar-refractivity contribution in [3.8, 4) is 0 Å². The number of hydrogen-bond acceptors (Lipinski definition) is 1. The Kier molecular flexibility index (Phi) is 6.02. The molecule has 0 amide bonds. The molecule has 1 nitrogen and oxygen atoms in total. The van der Waals surface area contributed by atoms with E-state index in [2.05, 4.69) is 121 Å². The fourth-order valence-electron chi connectivity index (χ4n) is 3.70. The maximum absolute atomic E-state index is 4.16. The first kappa shape index (κ1) is 22.1. The molecule has 0 bridgehead atoms. The lowest BCUT2D eigenvalue weighted by Gasteiger charge is -2.36. The minimum atomic E-state index is -1.72. The Balaban J connectivity index is 2.24. The van der Waals surface area contributed by atoms with Crippen LogP contribution in [0.15, 0.2) is 48.5 Å². The van der Waals surface area contributed by atoms with Gasteiger partial charge in [0.25, 0.3) is 0 Å². The third kappa shape index (κ3) is 5.43. The van der Waals surface area contributed by atoms with E-state index in [1.807, 2.05) is 0 Å². The van der Waals surface area contributed by atoms with E-state index < -0.39 is 16.5 Å². The second-order valence-corrected chi connectivity index (χ2v) is 19.7. The minimum Gasteiger partial charge on any atom is -0.353 e. The van der Waals surface area contributed by atoms with Gasteiger partial charge in [-0.3, -0.25) is 0 Å². The number of hydrogen-bond donors (Lipinski definition) is 1. The summed E-state index contributed by atoms with van der Waals surface area (Å²) in [6.45, 7) is 23.4.